The molecule has 88 valence electrons. The molecule has 0 radical (unpaired) electrons. The highest BCUT2D eigenvalue weighted by atomic mass is 79.9. The number of nitrogens with one attached hydrogen (secondary N) is 1. The van der Waals surface area contributed by atoms with Crippen molar-refractivity contribution in [3.8, 4) is 0 Å². The number of hydrogen-bond donors (Lipinski definition) is 2. The standard InChI is InChI=1S/C11H10BrN3OS/c12-8-3-1-2-7(6-8)9(10(13)16)17-11-14-4-5-15-11/h1-6,9H,(H2,13,16)(H,14,15)/t9-/m0/s1. The van der Waals surface area contributed by atoms with Crippen LogP contribution in [0.25, 0.3) is 0 Å². The summed E-state index contributed by atoms with van der Waals surface area (Å²) < 4.78 is 0.918. The third-order valence-corrected chi connectivity index (χ3v) is 3.79. The zero-order valence-electron chi connectivity index (χ0n) is 8.76. The Hall–Kier alpha value is -1.27. The molecule has 0 saturated heterocycles. The molecular formula is C11H10BrN3OS. The largest absolute Gasteiger partial charge is 0.368 e. The Kier molecular flexibility index (Phi) is 3.86. The fraction of sp³-hybridized carbons (Fsp3) is 0.0909. The predicted octanol–water partition coefficient (Wildman–Crippen LogP) is 2.49. The molecule has 1 aromatic heterocycles. The van der Waals surface area contributed by atoms with Gasteiger partial charge in [-0.25, -0.2) is 4.98 Å². The molecule has 6 heteroatoms. The lowest BCUT2D eigenvalue weighted by molar-refractivity contribution is -0.117. The Bertz CT molecular complexity index is 515. The molecule has 17 heavy (non-hydrogen) atoms. The van der Waals surface area contributed by atoms with Crippen LogP contribution in [0.3, 0.4) is 0 Å². The van der Waals surface area contributed by atoms with Crippen molar-refractivity contribution in [3.63, 3.8) is 0 Å². The van der Waals surface area contributed by atoms with Gasteiger partial charge in [0, 0.05) is 16.9 Å². The number of primary amides is 1. The van der Waals surface area contributed by atoms with Crippen LogP contribution in [0.15, 0.2) is 46.3 Å². The van der Waals surface area contributed by atoms with Crippen molar-refractivity contribution in [1.82, 2.24) is 9.97 Å². The minimum atomic E-state index is -0.446. The Morgan fingerprint density at radius 3 is 2.94 bits per heavy atom. The van der Waals surface area contributed by atoms with Gasteiger partial charge in [-0.3, -0.25) is 4.79 Å². The number of nitrogens with zero attached hydrogens (tertiary/aromatic N) is 1. The number of carbonyl (C=O) groups is 1. The first-order valence-corrected chi connectivity index (χ1v) is 6.55. The summed E-state index contributed by atoms with van der Waals surface area (Å²) in [7, 11) is 0. The van der Waals surface area contributed by atoms with Crippen molar-refractivity contribution in [2.45, 2.75) is 10.4 Å². The van der Waals surface area contributed by atoms with Crippen molar-refractivity contribution < 1.29 is 4.79 Å². The van der Waals surface area contributed by atoms with Crippen LogP contribution in [0.4, 0.5) is 0 Å². The van der Waals surface area contributed by atoms with Gasteiger partial charge in [-0.2, -0.15) is 0 Å². The van der Waals surface area contributed by atoms with Crippen molar-refractivity contribution in [2.75, 3.05) is 0 Å². The number of carbonyl (C=O) groups excluding carboxylic acids is 1. The fourth-order valence-corrected chi connectivity index (χ4v) is 2.68. The highest BCUT2D eigenvalue weighted by Gasteiger charge is 2.20. The van der Waals surface area contributed by atoms with E-state index >= 15 is 0 Å². The van der Waals surface area contributed by atoms with Crippen LogP contribution in [-0.2, 0) is 4.79 Å². The van der Waals surface area contributed by atoms with E-state index in [0.717, 1.165) is 10.0 Å². The molecule has 0 unspecified atom stereocenters. The molecule has 2 rings (SSSR count). The Morgan fingerprint density at radius 2 is 2.35 bits per heavy atom. The molecule has 4 nitrogen and oxygen atoms in total. The van der Waals surface area contributed by atoms with Gasteiger partial charge in [0.25, 0.3) is 0 Å². The summed E-state index contributed by atoms with van der Waals surface area (Å²) in [6.45, 7) is 0. The molecule has 0 saturated carbocycles. The normalized spacial score (nSPS) is 12.3. The van der Waals surface area contributed by atoms with Gasteiger partial charge in [-0.05, 0) is 17.7 Å². The minimum Gasteiger partial charge on any atom is -0.368 e. The van der Waals surface area contributed by atoms with Crippen LogP contribution in [0.1, 0.15) is 10.8 Å². The average Bonchev–Trinajstić information content (AvgIpc) is 2.78. The zero-order chi connectivity index (χ0) is 12.3. The van der Waals surface area contributed by atoms with Crippen LogP contribution in [0.5, 0.6) is 0 Å². The van der Waals surface area contributed by atoms with E-state index in [9.17, 15) is 4.79 Å². The van der Waals surface area contributed by atoms with Crippen LogP contribution in [0.2, 0.25) is 0 Å². The Balaban J connectivity index is 2.26. The second-order valence-electron chi connectivity index (χ2n) is 3.35. The Labute approximate surface area is 111 Å². The van der Waals surface area contributed by atoms with Crippen LogP contribution >= 0.6 is 27.7 Å². The molecule has 2 aromatic rings. The summed E-state index contributed by atoms with van der Waals surface area (Å²) in [5, 5.41) is 0.229. The number of thioether (sulfide) groups is 1. The molecule has 3 N–H and O–H groups in total. The summed E-state index contributed by atoms with van der Waals surface area (Å²) in [6.07, 6.45) is 3.35. The number of nitrogens with two attached hydrogens (primary N) is 1. The highest BCUT2D eigenvalue weighted by molar-refractivity contribution is 9.10. The first-order valence-electron chi connectivity index (χ1n) is 4.87. The van der Waals surface area contributed by atoms with Gasteiger partial charge in [-0.15, -0.1) is 0 Å². The van der Waals surface area contributed by atoms with Gasteiger partial charge < -0.3 is 10.7 Å². The van der Waals surface area contributed by atoms with Gasteiger partial charge in [0.2, 0.25) is 5.91 Å². The van der Waals surface area contributed by atoms with Gasteiger partial charge in [0.15, 0.2) is 5.16 Å². The smallest absolute Gasteiger partial charge is 0.235 e. The number of benzene rings is 1. The Morgan fingerprint density at radius 1 is 1.53 bits per heavy atom. The number of rotatable bonds is 4. The molecule has 1 atom stereocenters. The first-order chi connectivity index (χ1) is 8.16. The number of imidazole rings is 1. The maximum atomic E-state index is 11.5. The SMILES string of the molecule is NC(=O)[C@@H](Sc1ncc[nH]1)c1cccc(Br)c1. The monoisotopic (exact) mass is 311 g/mol. The zero-order valence-corrected chi connectivity index (χ0v) is 11.2. The van der Waals surface area contributed by atoms with Gasteiger partial charge in [-0.1, -0.05) is 39.8 Å². The summed E-state index contributed by atoms with van der Waals surface area (Å²) in [4.78, 5) is 18.5. The second-order valence-corrected chi connectivity index (χ2v) is 5.36. The maximum Gasteiger partial charge on any atom is 0.235 e. The number of amides is 1. The molecule has 0 spiro atoms. The van der Waals surface area contributed by atoms with Gasteiger partial charge >= 0.3 is 0 Å². The lowest BCUT2D eigenvalue weighted by Gasteiger charge is -2.11. The van der Waals surface area contributed by atoms with Crippen LogP contribution in [-0.4, -0.2) is 15.9 Å². The van der Waals surface area contributed by atoms with Gasteiger partial charge in [0.1, 0.15) is 5.25 Å². The molecule has 1 heterocycles. The highest BCUT2D eigenvalue weighted by Crippen LogP contribution is 2.33. The quantitative estimate of drug-likeness (QED) is 0.852. The summed E-state index contributed by atoms with van der Waals surface area (Å²) in [5.74, 6) is -0.385. The molecule has 1 amide bonds. The van der Waals surface area contributed by atoms with Crippen LogP contribution in [0, 0.1) is 0 Å². The molecule has 0 aliphatic heterocycles. The van der Waals surface area contributed by atoms with Gasteiger partial charge in [0.05, 0.1) is 0 Å². The third-order valence-electron chi connectivity index (χ3n) is 2.11. The first kappa shape index (κ1) is 12.2. The summed E-state index contributed by atoms with van der Waals surface area (Å²) in [5.41, 5.74) is 6.27. The third kappa shape index (κ3) is 3.10. The van der Waals surface area contributed by atoms with E-state index in [1.54, 1.807) is 12.4 Å². The lowest BCUT2D eigenvalue weighted by atomic mass is 10.1. The van der Waals surface area contributed by atoms with E-state index in [0.29, 0.717) is 5.16 Å². The summed E-state index contributed by atoms with van der Waals surface area (Å²) in [6, 6.07) is 7.53. The predicted molar refractivity (Wildman–Crippen MR) is 70.5 cm³/mol. The van der Waals surface area contributed by atoms with Crippen molar-refractivity contribution in [2.24, 2.45) is 5.73 Å². The average molecular weight is 312 g/mol. The van der Waals surface area contributed by atoms with E-state index in [1.165, 1.54) is 11.8 Å². The molecule has 1 aromatic carbocycles. The number of hydrogen-bond acceptors (Lipinski definition) is 3. The number of H-pyrrole nitrogens is 1. The minimum absolute atomic E-state index is 0.385. The van der Waals surface area contributed by atoms with Crippen LogP contribution < -0.4 is 5.73 Å². The number of aromatic amines is 1. The molecular weight excluding hydrogens is 302 g/mol. The van der Waals surface area contributed by atoms with Crippen molar-refractivity contribution >= 4 is 33.6 Å². The topological polar surface area (TPSA) is 71.8 Å². The number of halogens is 1. The van der Waals surface area contributed by atoms with E-state index in [2.05, 4.69) is 25.9 Å². The van der Waals surface area contributed by atoms with E-state index in [-0.39, 0.29) is 5.91 Å². The lowest BCUT2D eigenvalue weighted by Crippen LogP contribution is -2.19. The maximum absolute atomic E-state index is 11.5. The van der Waals surface area contributed by atoms with E-state index in [1.807, 2.05) is 24.3 Å². The van der Waals surface area contributed by atoms with Crippen molar-refractivity contribution in [3.05, 3.63) is 46.7 Å². The number of aromatic nitrogens is 2. The summed E-state index contributed by atoms with van der Waals surface area (Å²) >= 11 is 4.68. The van der Waals surface area contributed by atoms with E-state index in [4.69, 9.17) is 5.73 Å². The second kappa shape index (κ2) is 5.37. The molecule has 0 aliphatic carbocycles. The molecule has 0 fully saturated rings. The molecule has 0 bridgehead atoms. The van der Waals surface area contributed by atoms with E-state index < -0.39 is 5.25 Å². The van der Waals surface area contributed by atoms with Crippen molar-refractivity contribution in [1.29, 1.82) is 0 Å². The molecule has 0 aliphatic rings. The fourth-order valence-electron chi connectivity index (χ4n) is 1.39.